The van der Waals surface area contributed by atoms with Crippen LogP contribution in [0.25, 0.3) is 0 Å². The Kier molecular flexibility index (Phi) is 3.12. The fraction of sp³-hybridized carbons (Fsp3) is 0.545. The van der Waals surface area contributed by atoms with Crippen LogP contribution < -0.4 is 10.6 Å². The number of nitrogen functional groups attached to an aromatic ring is 1. The maximum absolute atomic E-state index is 10.6. The van der Waals surface area contributed by atoms with E-state index < -0.39 is 0 Å². The zero-order chi connectivity index (χ0) is 12.4. The van der Waals surface area contributed by atoms with Crippen molar-refractivity contribution in [1.29, 1.82) is 0 Å². The molecule has 0 spiro atoms. The van der Waals surface area contributed by atoms with Crippen LogP contribution in [0.5, 0.6) is 0 Å². The van der Waals surface area contributed by atoms with E-state index in [-0.39, 0.29) is 0 Å². The molecule has 0 radical (unpaired) electrons. The molecule has 6 heteroatoms. The molecule has 2 heterocycles. The molecule has 1 fully saturated rings. The highest BCUT2D eigenvalue weighted by atomic mass is 16.1. The minimum atomic E-state index is 0.306. The van der Waals surface area contributed by atoms with E-state index in [2.05, 4.69) is 14.9 Å². The predicted octanol–water partition coefficient (Wildman–Crippen LogP) is -0.0460. The van der Waals surface area contributed by atoms with E-state index in [0.717, 1.165) is 49.7 Å². The standard InChI is InChI=1S/C11H17N5O/c1-8-9(2)13-11(12)14-10(8)16-5-3-15(7-17)4-6-16/h7H,3-6H2,1-2H3,(H2,12,13,14). The zero-order valence-electron chi connectivity index (χ0n) is 10.2. The molecule has 1 aromatic heterocycles. The Labute approximate surface area is 100 Å². The van der Waals surface area contributed by atoms with Crippen molar-refractivity contribution < 1.29 is 4.79 Å². The Hall–Kier alpha value is -1.85. The molecule has 1 amide bonds. The third kappa shape index (κ3) is 2.30. The number of rotatable bonds is 2. The van der Waals surface area contributed by atoms with Crippen LogP contribution in [0.15, 0.2) is 0 Å². The van der Waals surface area contributed by atoms with Crippen molar-refractivity contribution in [3.8, 4) is 0 Å². The van der Waals surface area contributed by atoms with Crippen molar-refractivity contribution >= 4 is 18.2 Å². The summed E-state index contributed by atoms with van der Waals surface area (Å²) in [7, 11) is 0. The first-order chi connectivity index (χ1) is 8.11. The van der Waals surface area contributed by atoms with Gasteiger partial charge in [0, 0.05) is 37.4 Å². The van der Waals surface area contributed by atoms with Crippen LogP contribution in [-0.2, 0) is 4.79 Å². The van der Waals surface area contributed by atoms with Crippen LogP contribution >= 0.6 is 0 Å². The van der Waals surface area contributed by atoms with Crippen LogP contribution in [0.2, 0.25) is 0 Å². The van der Waals surface area contributed by atoms with Gasteiger partial charge in [0.25, 0.3) is 0 Å². The van der Waals surface area contributed by atoms with E-state index >= 15 is 0 Å². The van der Waals surface area contributed by atoms with Gasteiger partial charge in [-0.15, -0.1) is 0 Å². The predicted molar refractivity (Wildman–Crippen MR) is 65.8 cm³/mol. The Morgan fingerprint density at radius 1 is 1.18 bits per heavy atom. The van der Waals surface area contributed by atoms with Gasteiger partial charge in [0.2, 0.25) is 12.4 Å². The molecule has 2 rings (SSSR count). The second-order valence-corrected chi connectivity index (χ2v) is 4.24. The monoisotopic (exact) mass is 235 g/mol. The summed E-state index contributed by atoms with van der Waals surface area (Å²) in [5.74, 6) is 1.20. The smallest absolute Gasteiger partial charge is 0.222 e. The van der Waals surface area contributed by atoms with Gasteiger partial charge in [0.1, 0.15) is 5.82 Å². The van der Waals surface area contributed by atoms with E-state index in [9.17, 15) is 4.79 Å². The number of aromatic nitrogens is 2. The summed E-state index contributed by atoms with van der Waals surface area (Å²) in [6.45, 7) is 6.96. The number of nitrogens with two attached hydrogens (primary N) is 1. The van der Waals surface area contributed by atoms with Crippen molar-refractivity contribution in [3.63, 3.8) is 0 Å². The third-order valence-corrected chi connectivity index (χ3v) is 3.14. The van der Waals surface area contributed by atoms with E-state index in [0.29, 0.717) is 5.95 Å². The van der Waals surface area contributed by atoms with Gasteiger partial charge >= 0.3 is 0 Å². The minimum Gasteiger partial charge on any atom is -0.368 e. The lowest BCUT2D eigenvalue weighted by atomic mass is 10.2. The third-order valence-electron chi connectivity index (χ3n) is 3.14. The molecular formula is C11H17N5O. The molecule has 0 aliphatic carbocycles. The summed E-state index contributed by atoms with van der Waals surface area (Å²) in [6.07, 6.45) is 0.893. The minimum absolute atomic E-state index is 0.306. The summed E-state index contributed by atoms with van der Waals surface area (Å²) in [6, 6.07) is 0. The molecule has 17 heavy (non-hydrogen) atoms. The molecule has 2 N–H and O–H groups in total. The summed E-state index contributed by atoms with van der Waals surface area (Å²) in [5, 5.41) is 0. The highest BCUT2D eigenvalue weighted by molar-refractivity contribution is 5.53. The molecule has 6 nitrogen and oxygen atoms in total. The van der Waals surface area contributed by atoms with Gasteiger partial charge in [-0.1, -0.05) is 0 Å². The summed E-state index contributed by atoms with van der Waals surface area (Å²) in [4.78, 5) is 23.0. The Balaban J connectivity index is 2.21. The largest absolute Gasteiger partial charge is 0.368 e. The van der Waals surface area contributed by atoms with E-state index in [4.69, 9.17) is 5.73 Å². The van der Waals surface area contributed by atoms with Gasteiger partial charge in [-0.2, -0.15) is 4.98 Å². The maximum Gasteiger partial charge on any atom is 0.222 e. The highest BCUT2D eigenvalue weighted by Gasteiger charge is 2.19. The van der Waals surface area contributed by atoms with E-state index in [1.54, 1.807) is 4.90 Å². The van der Waals surface area contributed by atoms with Crippen LogP contribution in [0.4, 0.5) is 11.8 Å². The Morgan fingerprint density at radius 2 is 1.82 bits per heavy atom. The Bertz CT molecular complexity index is 426. The van der Waals surface area contributed by atoms with Crippen LogP contribution in [-0.4, -0.2) is 47.5 Å². The molecule has 1 aromatic rings. The lowest BCUT2D eigenvalue weighted by Gasteiger charge is -2.34. The van der Waals surface area contributed by atoms with Crippen molar-refractivity contribution in [1.82, 2.24) is 14.9 Å². The average Bonchev–Trinajstić information content (AvgIpc) is 2.34. The van der Waals surface area contributed by atoms with Gasteiger partial charge in [-0.25, -0.2) is 4.98 Å². The highest BCUT2D eigenvalue weighted by Crippen LogP contribution is 2.21. The van der Waals surface area contributed by atoms with Gasteiger partial charge in [0.15, 0.2) is 0 Å². The van der Waals surface area contributed by atoms with Gasteiger partial charge in [-0.3, -0.25) is 4.79 Å². The number of carbonyl (C=O) groups is 1. The molecule has 0 bridgehead atoms. The van der Waals surface area contributed by atoms with Crippen molar-refractivity contribution in [3.05, 3.63) is 11.3 Å². The molecule has 92 valence electrons. The molecule has 1 aliphatic heterocycles. The van der Waals surface area contributed by atoms with Gasteiger partial charge in [-0.05, 0) is 13.8 Å². The lowest BCUT2D eigenvalue weighted by molar-refractivity contribution is -0.118. The summed E-state index contributed by atoms with van der Waals surface area (Å²) in [5.41, 5.74) is 7.64. The normalized spacial score (nSPS) is 16.1. The topological polar surface area (TPSA) is 75.3 Å². The molecule has 0 atom stereocenters. The number of anilines is 2. The fourth-order valence-corrected chi connectivity index (χ4v) is 1.98. The molecule has 1 aliphatic rings. The van der Waals surface area contributed by atoms with Crippen LogP contribution in [0.3, 0.4) is 0 Å². The van der Waals surface area contributed by atoms with Gasteiger partial charge < -0.3 is 15.5 Å². The van der Waals surface area contributed by atoms with E-state index in [1.807, 2.05) is 13.8 Å². The quantitative estimate of drug-likeness (QED) is 0.728. The second-order valence-electron chi connectivity index (χ2n) is 4.24. The molecule has 0 unspecified atom stereocenters. The van der Waals surface area contributed by atoms with E-state index in [1.165, 1.54) is 0 Å². The van der Waals surface area contributed by atoms with Gasteiger partial charge in [0.05, 0.1) is 0 Å². The number of amides is 1. The summed E-state index contributed by atoms with van der Waals surface area (Å²) < 4.78 is 0. The van der Waals surface area contributed by atoms with Crippen LogP contribution in [0, 0.1) is 13.8 Å². The molecule has 0 saturated carbocycles. The lowest BCUT2D eigenvalue weighted by Crippen LogP contribution is -2.46. The first kappa shape index (κ1) is 11.6. The second kappa shape index (κ2) is 4.57. The first-order valence-corrected chi connectivity index (χ1v) is 5.67. The fourth-order valence-electron chi connectivity index (χ4n) is 1.98. The van der Waals surface area contributed by atoms with Crippen molar-refractivity contribution in [2.24, 2.45) is 0 Å². The number of aryl methyl sites for hydroxylation is 1. The SMILES string of the molecule is Cc1nc(N)nc(N2CCN(C=O)CC2)c1C. The van der Waals surface area contributed by atoms with Crippen molar-refractivity contribution in [2.45, 2.75) is 13.8 Å². The maximum atomic E-state index is 10.6. The molecule has 1 saturated heterocycles. The number of carbonyl (C=O) groups excluding carboxylic acids is 1. The molecular weight excluding hydrogens is 218 g/mol. The van der Waals surface area contributed by atoms with Crippen LogP contribution in [0.1, 0.15) is 11.3 Å². The van der Waals surface area contributed by atoms with Crippen molar-refractivity contribution in [2.75, 3.05) is 36.8 Å². The number of hydrogen-bond donors (Lipinski definition) is 1. The average molecular weight is 235 g/mol. The Morgan fingerprint density at radius 3 is 2.41 bits per heavy atom. The first-order valence-electron chi connectivity index (χ1n) is 5.67. The molecule has 0 aromatic carbocycles. The summed E-state index contributed by atoms with van der Waals surface area (Å²) >= 11 is 0. The zero-order valence-corrected chi connectivity index (χ0v) is 10.2. The number of piperazine rings is 1. The number of nitrogens with zero attached hydrogens (tertiary/aromatic N) is 4. The number of hydrogen-bond acceptors (Lipinski definition) is 5.